The van der Waals surface area contributed by atoms with Crippen LogP contribution in [0.3, 0.4) is 0 Å². The molecule has 0 fully saturated rings. The fourth-order valence-corrected chi connectivity index (χ4v) is 1.40. The third-order valence-corrected chi connectivity index (χ3v) is 2.31. The van der Waals surface area contributed by atoms with Crippen LogP contribution in [0.1, 0.15) is 11.5 Å². The molecule has 0 aliphatic carbocycles. The highest BCUT2D eigenvalue weighted by Crippen LogP contribution is 2.27. The van der Waals surface area contributed by atoms with Gasteiger partial charge >= 0.3 is 5.97 Å². The van der Waals surface area contributed by atoms with Gasteiger partial charge in [-0.15, -0.1) is 10.2 Å². The van der Waals surface area contributed by atoms with Crippen LogP contribution in [0, 0.1) is 18.6 Å². The van der Waals surface area contributed by atoms with E-state index in [0.29, 0.717) is 0 Å². The van der Waals surface area contributed by atoms with Gasteiger partial charge in [-0.3, -0.25) is 0 Å². The predicted octanol–water partition coefficient (Wildman–Crippen LogP) is 2.42. The predicted molar refractivity (Wildman–Crippen MR) is 61.1 cm³/mol. The largest absolute Gasteiger partial charge is 0.478 e. The summed E-state index contributed by atoms with van der Waals surface area (Å²) in [5.74, 6) is -3.33. The molecule has 0 amide bonds. The Labute approximate surface area is 106 Å². The number of nitrogens with zero attached hydrogens (tertiary/aromatic N) is 2. The zero-order valence-electron chi connectivity index (χ0n) is 9.72. The first-order valence-electron chi connectivity index (χ1n) is 5.18. The van der Waals surface area contributed by atoms with E-state index in [1.165, 1.54) is 13.0 Å². The van der Waals surface area contributed by atoms with E-state index in [-0.39, 0.29) is 17.3 Å². The van der Waals surface area contributed by atoms with Gasteiger partial charge in [-0.25, -0.2) is 13.6 Å². The summed E-state index contributed by atoms with van der Waals surface area (Å²) in [5, 5.41) is 15.4. The third-order valence-electron chi connectivity index (χ3n) is 2.31. The molecule has 2 rings (SSSR count). The summed E-state index contributed by atoms with van der Waals surface area (Å²) in [6.07, 6.45) is 1.81. The van der Waals surface area contributed by atoms with Gasteiger partial charge in [0.2, 0.25) is 5.89 Å². The second kappa shape index (κ2) is 4.97. The van der Waals surface area contributed by atoms with Gasteiger partial charge < -0.3 is 9.52 Å². The van der Waals surface area contributed by atoms with E-state index in [0.717, 1.165) is 18.2 Å². The molecular formula is C12H8F2N2O3. The first-order chi connectivity index (χ1) is 8.99. The number of aliphatic carboxylic acids is 1. The highest BCUT2D eigenvalue weighted by atomic mass is 19.1. The maximum absolute atomic E-state index is 13.8. The number of halogens is 2. The second-order valence-electron chi connectivity index (χ2n) is 3.67. The zero-order valence-corrected chi connectivity index (χ0v) is 9.72. The van der Waals surface area contributed by atoms with Crippen LogP contribution in [0.15, 0.2) is 22.6 Å². The minimum Gasteiger partial charge on any atom is -0.478 e. The Balaban J connectivity index is 2.44. The van der Waals surface area contributed by atoms with Crippen molar-refractivity contribution in [2.75, 3.05) is 0 Å². The molecule has 0 atom stereocenters. The maximum atomic E-state index is 13.8. The molecule has 0 saturated carbocycles. The van der Waals surface area contributed by atoms with Gasteiger partial charge in [-0.2, -0.15) is 0 Å². The Bertz CT molecular complexity index is 665. The minimum absolute atomic E-state index is 0.155. The van der Waals surface area contributed by atoms with Gasteiger partial charge in [-0.1, -0.05) is 6.07 Å². The lowest BCUT2D eigenvalue weighted by Gasteiger charge is -2.02. The van der Waals surface area contributed by atoms with Crippen LogP contribution in [-0.4, -0.2) is 21.3 Å². The SMILES string of the molecule is Cc1ccc(F)c(-c2nnc(/C=C/C(=O)O)o2)c1F. The fraction of sp³-hybridized carbons (Fsp3) is 0.0833. The number of carboxylic acids is 1. The smallest absolute Gasteiger partial charge is 0.328 e. The summed E-state index contributed by atoms with van der Waals surface area (Å²) < 4.78 is 32.3. The molecule has 19 heavy (non-hydrogen) atoms. The van der Waals surface area contributed by atoms with Crippen molar-refractivity contribution in [2.24, 2.45) is 0 Å². The van der Waals surface area contributed by atoms with E-state index in [9.17, 15) is 13.6 Å². The lowest BCUT2D eigenvalue weighted by atomic mass is 10.1. The van der Waals surface area contributed by atoms with Gasteiger partial charge in [0.25, 0.3) is 5.89 Å². The van der Waals surface area contributed by atoms with Crippen LogP contribution in [0.4, 0.5) is 8.78 Å². The van der Waals surface area contributed by atoms with E-state index < -0.39 is 23.2 Å². The number of carbonyl (C=O) groups is 1. The highest BCUT2D eigenvalue weighted by molar-refractivity contribution is 5.84. The van der Waals surface area contributed by atoms with Crippen molar-refractivity contribution in [3.05, 3.63) is 41.3 Å². The Hall–Kier alpha value is -2.57. The maximum Gasteiger partial charge on any atom is 0.328 e. The average Bonchev–Trinajstić information content (AvgIpc) is 2.80. The molecule has 1 aromatic heterocycles. The summed E-state index contributed by atoms with van der Waals surface area (Å²) in [4.78, 5) is 10.3. The number of hydrogen-bond acceptors (Lipinski definition) is 4. The summed E-state index contributed by atoms with van der Waals surface area (Å²) in [7, 11) is 0. The van der Waals surface area contributed by atoms with Crippen molar-refractivity contribution in [1.82, 2.24) is 10.2 Å². The minimum atomic E-state index is -1.20. The second-order valence-corrected chi connectivity index (χ2v) is 3.67. The molecule has 1 N–H and O–H groups in total. The molecule has 1 aromatic carbocycles. The molecule has 0 unspecified atom stereocenters. The van der Waals surface area contributed by atoms with E-state index in [4.69, 9.17) is 9.52 Å². The van der Waals surface area contributed by atoms with Gasteiger partial charge in [-0.05, 0) is 18.6 Å². The number of benzene rings is 1. The summed E-state index contributed by atoms with van der Waals surface area (Å²) in [6, 6.07) is 2.38. The van der Waals surface area contributed by atoms with E-state index >= 15 is 0 Å². The van der Waals surface area contributed by atoms with Crippen molar-refractivity contribution >= 4 is 12.0 Å². The van der Waals surface area contributed by atoms with E-state index in [2.05, 4.69) is 10.2 Å². The van der Waals surface area contributed by atoms with Crippen molar-refractivity contribution in [3.8, 4) is 11.5 Å². The van der Waals surface area contributed by atoms with Gasteiger partial charge in [0.1, 0.15) is 17.2 Å². The fourth-order valence-electron chi connectivity index (χ4n) is 1.40. The van der Waals surface area contributed by atoms with E-state index in [1.807, 2.05) is 0 Å². The van der Waals surface area contributed by atoms with Crippen LogP contribution >= 0.6 is 0 Å². The molecule has 0 radical (unpaired) electrons. The molecule has 98 valence electrons. The third kappa shape index (κ3) is 2.65. The molecule has 0 spiro atoms. The molecule has 0 aliphatic rings. The van der Waals surface area contributed by atoms with Crippen LogP contribution in [-0.2, 0) is 4.79 Å². The first kappa shape index (κ1) is 12.9. The lowest BCUT2D eigenvalue weighted by molar-refractivity contribution is -0.131. The zero-order chi connectivity index (χ0) is 14.0. The summed E-state index contributed by atoms with van der Waals surface area (Å²) in [5.41, 5.74) is -0.195. The molecule has 2 aromatic rings. The van der Waals surface area contributed by atoms with Crippen molar-refractivity contribution in [2.45, 2.75) is 6.92 Å². The topological polar surface area (TPSA) is 76.2 Å². The van der Waals surface area contributed by atoms with Crippen LogP contribution in [0.5, 0.6) is 0 Å². The molecule has 5 nitrogen and oxygen atoms in total. The molecule has 0 aliphatic heterocycles. The average molecular weight is 266 g/mol. The summed E-state index contributed by atoms with van der Waals surface area (Å²) >= 11 is 0. The standard InChI is InChI=1S/C12H8F2N2O3/c1-6-2-3-7(13)10(11(6)14)12-16-15-8(19-12)4-5-9(17)18/h2-5H,1H3,(H,17,18)/b5-4+. The molecule has 0 bridgehead atoms. The van der Waals surface area contributed by atoms with E-state index in [1.54, 1.807) is 0 Å². The van der Waals surface area contributed by atoms with Gasteiger partial charge in [0.05, 0.1) is 0 Å². The molecular weight excluding hydrogens is 258 g/mol. The molecule has 7 heteroatoms. The quantitative estimate of drug-likeness (QED) is 0.863. The van der Waals surface area contributed by atoms with Crippen molar-refractivity contribution in [3.63, 3.8) is 0 Å². The van der Waals surface area contributed by atoms with Crippen LogP contribution in [0.25, 0.3) is 17.5 Å². The number of rotatable bonds is 3. The Kier molecular flexibility index (Phi) is 3.37. The Morgan fingerprint density at radius 1 is 1.37 bits per heavy atom. The summed E-state index contributed by atoms with van der Waals surface area (Å²) in [6.45, 7) is 1.47. The highest BCUT2D eigenvalue weighted by Gasteiger charge is 2.19. The Morgan fingerprint density at radius 3 is 2.79 bits per heavy atom. The number of carboxylic acid groups (broad SMARTS) is 1. The number of aromatic nitrogens is 2. The molecule has 0 saturated heterocycles. The Morgan fingerprint density at radius 2 is 2.11 bits per heavy atom. The number of hydrogen-bond donors (Lipinski definition) is 1. The number of aryl methyl sites for hydroxylation is 1. The van der Waals surface area contributed by atoms with Gasteiger partial charge in [0, 0.05) is 12.2 Å². The monoisotopic (exact) mass is 266 g/mol. The first-order valence-corrected chi connectivity index (χ1v) is 5.18. The van der Waals surface area contributed by atoms with Crippen molar-refractivity contribution < 1.29 is 23.1 Å². The van der Waals surface area contributed by atoms with Crippen LogP contribution in [0.2, 0.25) is 0 Å². The van der Waals surface area contributed by atoms with Gasteiger partial charge in [0.15, 0.2) is 0 Å². The normalized spacial score (nSPS) is 11.1. The lowest BCUT2D eigenvalue weighted by Crippen LogP contribution is -1.93. The molecule has 1 heterocycles. The van der Waals surface area contributed by atoms with Crippen molar-refractivity contribution in [1.29, 1.82) is 0 Å². The van der Waals surface area contributed by atoms with Crippen LogP contribution < -0.4 is 0 Å².